The average molecular weight is 396 g/mol. The summed E-state index contributed by atoms with van der Waals surface area (Å²) in [5.74, 6) is 0.0972. The van der Waals surface area contributed by atoms with E-state index in [1.807, 2.05) is 12.1 Å². The molecule has 2 aromatic carbocycles. The van der Waals surface area contributed by atoms with Gasteiger partial charge in [0.1, 0.15) is 0 Å². The summed E-state index contributed by atoms with van der Waals surface area (Å²) in [6.45, 7) is 1.37. The molecule has 0 saturated heterocycles. The van der Waals surface area contributed by atoms with Gasteiger partial charge in [-0.2, -0.15) is 13.2 Å². The minimum absolute atomic E-state index is 0.0435. The molecule has 5 nitrogen and oxygen atoms in total. The van der Waals surface area contributed by atoms with Crippen LogP contribution in [-0.4, -0.2) is 21.6 Å². The van der Waals surface area contributed by atoms with Crippen LogP contribution in [0.1, 0.15) is 23.1 Å². The van der Waals surface area contributed by atoms with Crippen LogP contribution in [0.3, 0.4) is 0 Å². The van der Waals surface area contributed by atoms with Crippen LogP contribution in [0.4, 0.5) is 24.5 Å². The van der Waals surface area contributed by atoms with Gasteiger partial charge in [0.15, 0.2) is 5.82 Å². The molecule has 1 aliphatic heterocycles. The fourth-order valence-corrected chi connectivity index (χ4v) is 3.17. The highest BCUT2D eigenvalue weighted by atomic mass is 19.4. The van der Waals surface area contributed by atoms with Crippen molar-refractivity contribution in [2.75, 3.05) is 5.32 Å². The predicted octanol–water partition coefficient (Wildman–Crippen LogP) is 4.93. The van der Waals surface area contributed by atoms with E-state index < -0.39 is 17.6 Å². The van der Waals surface area contributed by atoms with E-state index in [0.717, 1.165) is 11.6 Å². The zero-order valence-electron chi connectivity index (χ0n) is 15.3. The molecule has 2 heterocycles. The van der Waals surface area contributed by atoms with E-state index in [-0.39, 0.29) is 23.4 Å². The number of amides is 1. The molecule has 3 aromatic rings. The minimum atomic E-state index is -4.51. The number of nitrogens with zero attached hydrogens (tertiary/aromatic N) is 3. The summed E-state index contributed by atoms with van der Waals surface area (Å²) in [4.78, 5) is 25.3. The van der Waals surface area contributed by atoms with E-state index in [2.05, 4.69) is 20.3 Å². The Balaban J connectivity index is 1.80. The minimum Gasteiger partial charge on any atom is -0.324 e. The molecule has 1 aliphatic rings. The number of aliphatic imine (C=N–C) groups is 1. The number of nitrogens with one attached hydrogen (secondary N) is 1. The van der Waals surface area contributed by atoms with Gasteiger partial charge < -0.3 is 5.32 Å². The van der Waals surface area contributed by atoms with Crippen LogP contribution in [0.15, 0.2) is 59.9 Å². The van der Waals surface area contributed by atoms with Crippen molar-refractivity contribution in [3.8, 4) is 11.4 Å². The zero-order chi connectivity index (χ0) is 20.6. The Morgan fingerprint density at radius 3 is 2.45 bits per heavy atom. The first kappa shape index (κ1) is 18.8. The monoisotopic (exact) mass is 396 g/mol. The summed E-state index contributed by atoms with van der Waals surface area (Å²) in [6.07, 6.45) is -1.31. The first-order valence-electron chi connectivity index (χ1n) is 8.78. The lowest BCUT2D eigenvalue weighted by atomic mass is 10.0. The SMILES string of the molecule is Cc1cc2c(cc1C(F)(F)F)NC(=O)CC(c1cccc(-c3ncccn3)c1)=N2. The second-order valence-corrected chi connectivity index (χ2v) is 6.62. The number of anilines is 1. The van der Waals surface area contributed by atoms with Gasteiger partial charge >= 0.3 is 6.18 Å². The maximum absolute atomic E-state index is 13.2. The normalized spacial score (nSPS) is 13.9. The summed E-state index contributed by atoms with van der Waals surface area (Å²) < 4.78 is 39.6. The van der Waals surface area contributed by atoms with Crippen molar-refractivity contribution in [2.45, 2.75) is 19.5 Å². The number of hydrogen-bond donors (Lipinski definition) is 1. The lowest BCUT2D eigenvalue weighted by Crippen LogP contribution is -2.15. The molecule has 1 amide bonds. The third-order valence-electron chi connectivity index (χ3n) is 4.53. The van der Waals surface area contributed by atoms with Crippen molar-refractivity contribution < 1.29 is 18.0 Å². The van der Waals surface area contributed by atoms with Crippen LogP contribution in [0.25, 0.3) is 11.4 Å². The number of fused-ring (bicyclic) bond motifs is 1. The smallest absolute Gasteiger partial charge is 0.324 e. The van der Waals surface area contributed by atoms with Gasteiger partial charge in [-0.15, -0.1) is 0 Å². The maximum atomic E-state index is 13.2. The number of carbonyl (C=O) groups is 1. The van der Waals surface area contributed by atoms with Crippen LogP contribution in [0.5, 0.6) is 0 Å². The molecule has 0 spiro atoms. The van der Waals surface area contributed by atoms with Gasteiger partial charge in [0.05, 0.1) is 29.1 Å². The van der Waals surface area contributed by atoms with E-state index in [1.54, 1.807) is 30.6 Å². The van der Waals surface area contributed by atoms with Crippen molar-refractivity contribution in [1.29, 1.82) is 0 Å². The fraction of sp³-hybridized carbons (Fsp3) is 0.143. The zero-order valence-corrected chi connectivity index (χ0v) is 15.3. The Morgan fingerprint density at radius 1 is 1.00 bits per heavy atom. The van der Waals surface area contributed by atoms with E-state index in [1.165, 1.54) is 13.0 Å². The summed E-state index contributed by atoms with van der Waals surface area (Å²) in [5, 5.41) is 2.53. The highest BCUT2D eigenvalue weighted by Crippen LogP contribution is 2.39. The average Bonchev–Trinajstić information content (AvgIpc) is 2.85. The van der Waals surface area contributed by atoms with Gasteiger partial charge in [-0.05, 0) is 42.3 Å². The second-order valence-electron chi connectivity index (χ2n) is 6.62. The van der Waals surface area contributed by atoms with Gasteiger partial charge in [-0.25, -0.2) is 9.97 Å². The molecular weight excluding hydrogens is 381 g/mol. The second kappa shape index (κ2) is 7.12. The molecule has 1 N–H and O–H groups in total. The predicted molar refractivity (Wildman–Crippen MR) is 103 cm³/mol. The summed E-state index contributed by atoms with van der Waals surface area (Å²) in [7, 11) is 0. The molecule has 1 aromatic heterocycles. The molecule has 8 heteroatoms. The summed E-state index contributed by atoms with van der Waals surface area (Å²) in [6, 6.07) is 11.2. The largest absolute Gasteiger partial charge is 0.416 e. The van der Waals surface area contributed by atoms with Crippen molar-refractivity contribution in [3.63, 3.8) is 0 Å². The topological polar surface area (TPSA) is 67.2 Å². The molecular formula is C21H15F3N4O. The number of halogens is 3. The lowest BCUT2D eigenvalue weighted by molar-refractivity contribution is -0.138. The van der Waals surface area contributed by atoms with E-state index >= 15 is 0 Å². The van der Waals surface area contributed by atoms with Crippen LogP contribution in [-0.2, 0) is 11.0 Å². The standard InChI is InChI=1S/C21H15F3N4O/c1-12-8-17-18(10-15(12)21(22,23)24)28-19(29)11-16(27-17)13-4-2-5-14(9-13)20-25-6-3-7-26-20/h2-10H,11H2,1H3,(H,28,29). The van der Waals surface area contributed by atoms with Gasteiger partial charge in [-0.3, -0.25) is 9.79 Å². The molecule has 0 saturated carbocycles. The Bertz CT molecular complexity index is 1120. The third-order valence-corrected chi connectivity index (χ3v) is 4.53. The van der Waals surface area contributed by atoms with Gasteiger partial charge in [0.2, 0.25) is 5.91 Å². The van der Waals surface area contributed by atoms with Crippen LogP contribution in [0, 0.1) is 6.92 Å². The molecule has 0 unspecified atom stereocenters. The van der Waals surface area contributed by atoms with E-state index in [9.17, 15) is 18.0 Å². The number of hydrogen-bond acceptors (Lipinski definition) is 4. The van der Waals surface area contributed by atoms with Gasteiger partial charge in [0.25, 0.3) is 0 Å². The highest BCUT2D eigenvalue weighted by molar-refractivity contribution is 6.17. The Labute approximate surface area is 164 Å². The number of aromatic nitrogens is 2. The van der Waals surface area contributed by atoms with Crippen molar-refractivity contribution >= 4 is 23.0 Å². The van der Waals surface area contributed by atoms with Crippen LogP contribution < -0.4 is 5.32 Å². The number of carbonyl (C=O) groups excluding carboxylic acids is 1. The number of aryl methyl sites for hydroxylation is 1. The molecule has 0 aliphatic carbocycles. The Hall–Kier alpha value is -3.55. The molecule has 0 radical (unpaired) electrons. The molecule has 0 fully saturated rings. The maximum Gasteiger partial charge on any atom is 0.416 e. The number of alkyl halides is 3. The summed E-state index contributed by atoms with van der Waals surface area (Å²) in [5.41, 5.74) is 1.47. The Kier molecular flexibility index (Phi) is 4.62. The number of rotatable bonds is 2. The first-order valence-corrected chi connectivity index (χ1v) is 8.78. The van der Waals surface area contributed by atoms with Crippen molar-refractivity contribution in [1.82, 2.24) is 9.97 Å². The lowest BCUT2D eigenvalue weighted by Gasteiger charge is -2.13. The Morgan fingerprint density at radius 2 is 1.72 bits per heavy atom. The quantitative estimate of drug-likeness (QED) is 0.668. The molecule has 146 valence electrons. The molecule has 4 rings (SSSR count). The first-order chi connectivity index (χ1) is 13.8. The number of benzene rings is 2. The third kappa shape index (κ3) is 3.87. The van der Waals surface area contributed by atoms with Crippen LogP contribution >= 0.6 is 0 Å². The molecule has 0 atom stereocenters. The molecule has 29 heavy (non-hydrogen) atoms. The highest BCUT2D eigenvalue weighted by Gasteiger charge is 2.34. The van der Waals surface area contributed by atoms with Crippen LogP contribution in [0.2, 0.25) is 0 Å². The van der Waals surface area contributed by atoms with E-state index in [4.69, 9.17) is 0 Å². The van der Waals surface area contributed by atoms with Gasteiger partial charge in [0, 0.05) is 18.0 Å². The fourth-order valence-electron chi connectivity index (χ4n) is 3.17. The van der Waals surface area contributed by atoms with Gasteiger partial charge in [-0.1, -0.05) is 18.2 Å². The molecule has 0 bridgehead atoms. The van der Waals surface area contributed by atoms with E-state index in [0.29, 0.717) is 17.1 Å². The summed E-state index contributed by atoms with van der Waals surface area (Å²) >= 11 is 0. The van der Waals surface area contributed by atoms with Crippen molar-refractivity contribution in [2.24, 2.45) is 4.99 Å². The van der Waals surface area contributed by atoms with Crippen molar-refractivity contribution in [3.05, 3.63) is 71.5 Å².